The molecular formula is C29H39N5O10. The average molecular weight is 618 g/mol. The summed E-state index contributed by atoms with van der Waals surface area (Å²) in [5.41, 5.74) is 1.18. The molecule has 15 nitrogen and oxygen atoms in total. The summed E-state index contributed by atoms with van der Waals surface area (Å²) in [5, 5.41) is 29.4. The van der Waals surface area contributed by atoms with Crippen LogP contribution in [0.5, 0.6) is 0 Å². The molecule has 1 fully saturated rings. The third kappa shape index (κ3) is 8.09. The first-order valence-electron chi connectivity index (χ1n) is 14.3. The van der Waals surface area contributed by atoms with Crippen LogP contribution in [0.4, 0.5) is 0 Å². The quantitative estimate of drug-likeness (QED) is 0.158. The zero-order valence-electron chi connectivity index (χ0n) is 25.2. The molecule has 240 valence electrons. The van der Waals surface area contributed by atoms with E-state index in [1.54, 1.807) is 52.0 Å². The summed E-state index contributed by atoms with van der Waals surface area (Å²) in [4.78, 5) is 89.9. The number of aliphatic hydroxyl groups excluding tert-OH is 1. The van der Waals surface area contributed by atoms with Crippen LogP contribution in [-0.2, 0) is 44.8 Å². The van der Waals surface area contributed by atoms with Crippen LogP contribution in [0, 0.1) is 11.8 Å². The molecule has 6 N–H and O–H groups in total. The Morgan fingerprint density at radius 3 is 2.14 bits per heavy atom. The normalized spacial score (nSPS) is 21.1. The van der Waals surface area contributed by atoms with Gasteiger partial charge in [0.25, 0.3) is 0 Å². The number of hydrogen-bond donors (Lipinski definition) is 6. The van der Waals surface area contributed by atoms with Crippen LogP contribution >= 0.6 is 0 Å². The van der Waals surface area contributed by atoms with E-state index < -0.39 is 90.3 Å². The van der Waals surface area contributed by atoms with Crippen molar-refractivity contribution in [1.82, 2.24) is 26.2 Å². The number of fused-ring (bicyclic) bond motifs is 1. The van der Waals surface area contributed by atoms with Gasteiger partial charge in [0.1, 0.15) is 30.2 Å². The number of hydrogen-bond acceptors (Lipinski definition) is 9. The lowest BCUT2D eigenvalue weighted by molar-refractivity contribution is -0.155. The highest BCUT2D eigenvalue weighted by atomic mass is 16.6. The zero-order valence-corrected chi connectivity index (χ0v) is 25.2. The molecule has 0 bridgehead atoms. The van der Waals surface area contributed by atoms with Gasteiger partial charge < -0.3 is 41.1 Å². The molecule has 2 unspecified atom stereocenters. The number of rotatable bonds is 12. The maximum absolute atomic E-state index is 14.0. The van der Waals surface area contributed by atoms with E-state index in [2.05, 4.69) is 21.3 Å². The van der Waals surface area contributed by atoms with Gasteiger partial charge in [-0.3, -0.25) is 33.6 Å². The molecule has 5 amide bonds. The minimum Gasteiger partial charge on any atom is -0.481 e. The molecule has 1 aromatic carbocycles. The van der Waals surface area contributed by atoms with Crippen LogP contribution in [0.1, 0.15) is 64.6 Å². The number of carboxylic acid groups (broad SMARTS) is 1. The summed E-state index contributed by atoms with van der Waals surface area (Å²) in [7, 11) is 0. The molecular weight excluding hydrogens is 578 g/mol. The van der Waals surface area contributed by atoms with E-state index in [9.17, 15) is 43.8 Å². The Kier molecular flexibility index (Phi) is 11.0. The topological polar surface area (TPSA) is 221 Å². The fraction of sp³-hybridized carbons (Fsp3) is 0.552. The van der Waals surface area contributed by atoms with Gasteiger partial charge in [0, 0.05) is 13.5 Å². The van der Waals surface area contributed by atoms with E-state index in [-0.39, 0.29) is 18.9 Å². The van der Waals surface area contributed by atoms with E-state index >= 15 is 0 Å². The fourth-order valence-electron chi connectivity index (χ4n) is 5.15. The van der Waals surface area contributed by atoms with Crippen molar-refractivity contribution in [3.63, 3.8) is 0 Å². The van der Waals surface area contributed by atoms with Gasteiger partial charge in [-0.25, -0.2) is 0 Å². The van der Waals surface area contributed by atoms with Crippen molar-refractivity contribution >= 4 is 41.5 Å². The second-order valence-corrected chi connectivity index (χ2v) is 11.6. The van der Waals surface area contributed by atoms with Crippen LogP contribution in [0.3, 0.4) is 0 Å². The molecule has 2 aliphatic heterocycles. The first-order chi connectivity index (χ1) is 20.6. The number of nitrogens with one attached hydrogen (secondary N) is 4. The average Bonchev–Trinajstić information content (AvgIpc) is 3.47. The number of esters is 1. The monoisotopic (exact) mass is 617 g/mol. The van der Waals surface area contributed by atoms with Crippen molar-refractivity contribution in [3.8, 4) is 0 Å². The lowest BCUT2D eigenvalue weighted by Crippen LogP contribution is -2.59. The molecule has 15 heteroatoms. The van der Waals surface area contributed by atoms with Crippen molar-refractivity contribution in [2.24, 2.45) is 11.8 Å². The van der Waals surface area contributed by atoms with E-state index in [4.69, 9.17) is 4.74 Å². The Hall–Kier alpha value is -4.53. The Balaban J connectivity index is 1.84. The van der Waals surface area contributed by atoms with E-state index in [1.807, 2.05) is 0 Å². The summed E-state index contributed by atoms with van der Waals surface area (Å²) in [6, 6.07) is 0.784. The molecule has 2 aliphatic rings. The predicted molar refractivity (Wildman–Crippen MR) is 152 cm³/mol. The molecule has 3 rings (SSSR count). The Morgan fingerprint density at radius 2 is 1.59 bits per heavy atom. The van der Waals surface area contributed by atoms with Gasteiger partial charge in [-0.15, -0.1) is 0 Å². The van der Waals surface area contributed by atoms with Gasteiger partial charge in [0.2, 0.25) is 35.8 Å². The van der Waals surface area contributed by atoms with Gasteiger partial charge in [-0.1, -0.05) is 52.0 Å². The van der Waals surface area contributed by atoms with Crippen LogP contribution in [0.15, 0.2) is 24.3 Å². The maximum atomic E-state index is 14.0. The lowest BCUT2D eigenvalue weighted by atomic mass is 9.99. The summed E-state index contributed by atoms with van der Waals surface area (Å²) in [5.74, 6) is -6.52. The molecule has 2 heterocycles. The molecule has 0 saturated carbocycles. The van der Waals surface area contributed by atoms with Crippen molar-refractivity contribution in [2.75, 3.05) is 0 Å². The standard InChI is InChI=1S/C29H39N5O10/c1-13(2)22(30-15(5)35)26(40)31-18(10-20(36)37)25(39)33-23(14(3)4)28(42)34-12-16-8-6-7-9-17(16)24(34)27(41)32-19-11-21(38)44-29(19)43/h6-9,13-14,18-19,22-24,29,43H,10-12H2,1-5H3,(H,30,35)(H,31,40)(H,32,41)(H,33,39)(H,36,37)/t18-,19-,22-,23-,24?,29?/m0/s1. The summed E-state index contributed by atoms with van der Waals surface area (Å²) < 4.78 is 4.70. The molecule has 0 spiro atoms. The van der Waals surface area contributed by atoms with Crippen molar-refractivity contribution in [2.45, 2.75) is 90.5 Å². The number of aliphatic hydroxyl groups is 1. The molecule has 44 heavy (non-hydrogen) atoms. The Morgan fingerprint density at radius 1 is 0.955 bits per heavy atom. The largest absolute Gasteiger partial charge is 0.481 e. The number of ether oxygens (including phenoxy) is 1. The van der Waals surface area contributed by atoms with Gasteiger partial charge in [0.15, 0.2) is 0 Å². The number of nitrogens with zero attached hydrogens (tertiary/aromatic N) is 1. The smallest absolute Gasteiger partial charge is 0.310 e. The highest BCUT2D eigenvalue weighted by Gasteiger charge is 2.44. The Bertz CT molecular complexity index is 1310. The number of amides is 5. The third-order valence-corrected chi connectivity index (χ3v) is 7.39. The minimum atomic E-state index is -1.58. The molecule has 0 radical (unpaired) electrons. The number of carbonyl (C=O) groups excluding carboxylic acids is 6. The van der Waals surface area contributed by atoms with Gasteiger partial charge in [-0.05, 0) is 23.0 Å². The number of benzene rings is 1. The second-order valence-electron chi connectivity index (χ2n) is 11.6. The molecule has 6 atom stereocenters. The van der Waals surface area contributed by atoms with Gasteiger partial charge in [0.05, 0.1) is 12.8 Å². The van der Waals surface area contributed by atoms with Crippen LogP contribution in [-0.4, -0.2) is 87.0 Å². The molecule has 1 aromatic rings. The Labute approximate surface area is 254 Å². The lowest BCUT2D eigenvalue weighted by Gasteiger charge is -2.32. The predicted octanol–water partition coefficient (Wildman–Crippen LogP) is -0.919. The molecule has 1 saturated heterocycles. The summed E-state index contributed by atoms with van der Waals surface area (Å²) in [6.45, 7) is 7.86. The number of carbonyl (C=O) groups is 7. The van der Waals surface area contributed by atoms with E-state index in [0.29, 0.717) is 11.1 Å². The van der Waals surface area contributed by atoms with Crippen molar-refractivity contribution in [1.29, 1.82) is 0 Å². The molecule has 0 aliphatic carbocycles. The maximum Gasteiger partial charge on any atom is 0.310 e. The summed E-state index contributed by atoms with van der Waals surface area (Å²) in [6.07, 6.45) is -2.60. The SMILES string of the molecule is CC(=O)N[C@H](C(=O)N[C@@H](CC(=O)O)C(=O)N[C@H](C(=O)N1Cc2ccccc2C1C(=O)N[C@H]1CC(=O)OC1O)C(C)C)C(C)C. The number of aliphatic carboxylic acids is 1. The first-order valence-corrected chi connectivity index (χ1v) is 14.3. The van der Waals surface area contributed by atoms with Crippen molar-refractivity contribution < 1.29 is 48.5 Å². The minimum absolute atomic E-state index is 0.0108. The molecule has 0 aromatic heterocycles. The van der Waals surface area contributed by atoms with Crippen LogP contribution < -0.4 is 21.3 Å². The first kappa shape index (κ1) is 34.0. The van der Waals surface area contributed by atoms with Crippen LogP contribution in [0.2, 0.25) is 0 Å². The van der Waals surface area contributed by atoms with Gasteiger partial charge >= 0.3 is 11.9 Å². The number of carboxylic acids is 1. The highest BCUT2D eigenvalue weighted by Crippen LogP contribution is 2.35. The van der Waals surface area contributed by atoms with Crippen LogP contribution in [0.25, 0.3) is 0 Å². The highest BCUT2D eigenvalue weighted by molar-refractivity contribution is 5.97. The van der Waals surface area contributed by atoms with E-state index in [0.717, 1.165) is 0 Å². The third-order valence-electron chi connectivity index (χ3n) is 7.39. The zero-order chi connectivity index (χ0) is 32.9. The van der Waals surface area contributed by atoms with Gasteiger partial charge in [-0.2, -0.15) is 0 Å². The van der Waals surface area contributed by atoms with E-state index in [1.165, 1.54) is 11.8 Å². The number of cyclic esters (lactones) is 1. The fourth-order valence-corrected chi connectivity index (χ4v) is 5.15. The van der Waals surface area contributed by atoms with Crippen molar-refractivity contribution in [3.05, 3.63) is 35.4 Å². The second kappa shape index (κ2) is 14.3. The summed E-state index contributed by atoms with van der Waals surface area (Å²) >= 11 is 0.